The molecule has 4 heteroatoms. The molecule has 0 fully saturated rings. The molecule has 0 bridgehead atoms. The van der Waals surface area contributed by atoms with Crippen LogP contribution < -0.4 is 0 Å². The van der Waals surface area contributed by atoms with Crippen molar-refractivity contribution >= 4 is 5.97 Å². The molecule has 2 aromatic carbocycles. The van der Waals surface area contributed by atoms with Gasteiger partial charge in [-0.05, 0) is 41.3 Å². The van der Waals surface area contributed by atoms with Gasteiger partial charge >= 0.3 is 5.97 Å². The molecule has 2 aromatic rings. The van der Waals surface area contributed by atoms with Crippen molar-refractivity contribution in [1.29, 1.82) is 0 Å². The van der Waals surface area contributed by atoms with Gasteiger partial charge in [0.1, 0.15) is 12.4 Å². The van der Waals surface area contributed by atoms with Crippen molar-refractivity contribution in [3.8, 4) is 11.1 Å². The number of hydrogen-bond acceptors (Lipinski definition) is 4. The Hall–Kier alpha value is -2.17. The summed E-state index contributed by atoms with van der Waals surface area (Å²) in [6.07, 6.45) is 0. The Morgan fingerprint density at radius 1 is 1.05 bits per heavy atom. The molecule has 0 heterocycles. The lowest BCUT2D eigenvalue weighted by Crippen LogP contribution is -2.26. The lowest BCUT2D eigenvalue weighted by Gasteiger charge is -2.27. The first-order valence-corrected chi connectivity index (χ1v) is 7.07. The van der Waals surface area contributed by atoms with Gasteiger partial charge in [0.2, 0.25) is 0 Å². The quantitative estimate of drug-likeness (QED) is 0.641. The molecule has 1 unspecified atom stereocenters. The van der Waals surface area contributed by atoms with Crippen LogP contribution in [0.3, 0.4) is 0 Å². The summed E-state index contributed by atoms with van der Waals surface area (Å²) in [6, 6.07) is 13.7. The largest absolute Gasteiger partial charge is 0.465 e. The van der Waals surface area contributed by atoms with Crippen LogP contribution in [-0.4, -0.2) is 27.0 Å². The minimum atomic E-state index is -0.647. The third-order valence-electron chi connectivity index (χ3n) is 4.15. The van der Waals surface area contributed by atoms with E-state index in [1.54, 1.807) is 13.2 Å². The first-order valence-electron chi connectivity index (χ1n) is 7.07. The summed E-state index contributed by atoms with van der Waals surface area (Å²) >= 11 is 0. The van der Waals surface area contributed by atoms with Crippen LogP contribution in [0.1, 0.15) is 28.4 Å². The van der Waals surface area contributed by atoms with Crippen molar-refractivity contribution < 1.29 is 19.0 Å². The zero-order valence-electron chi connectivity index (χ0n) is 12.9. The average Bonchev–Trinajstić information content (AvgIpc) is 2.82. The van der Waals surface area contributed by atoms with E-state index >= 15 is 0 Å². The van der Waals surface area contributed by atoms with E-state index in [1.165, 1.54) is 7.11 Å². The van der Waals surface area contributed by atoms with Gasteiger partial charge in [-0.2, -0.15) is 0 Å². The average molecular weight is 298 g/mol. The van der Waals surface area contributed by atoms with Crippen LogP contribution in [0.4, 0.5) is 0 Å². The molecular formula is C18H18O4. The SMILES string of the molecule is COCOC1(C)c2ccccc2-c2ccc(C(=O)OC)cc21. The molecule has 1 atom stereocenters. The van der Waals surface area contributed by atoms with Crippen molar-refractivity contribution in [2.75, 3.05) is 21.0 Å². The number of methoxy groups -OCH3 is 2. The third kappa shape index (κ3) is 2.12. The Labute approximate surface area is 129 Å². The highest BCUT2D eigenvalue weighted by atomic mass is 16.7. The first-order chi connectivity index (χ1) is 10.6. The maximum Gasteiger partial charge on any atom is 0.337 e. The molecule has 22 heavy (non-hydrogen) atoms. The zero-order valence-corrected chi connectivity index (χ0v) is 12.9. The van der Waals surface area contributed by atoms with E-state index in [2.05, 4.69) is 6.07 Å². The number of ether oxygens (including phenoxy) is 3. The maximum absolute atomic E-state index is 11.8. The van der Waals surface area contributed by atoms with Crippen molar-refractivity contribution in [2.45, 2.75) is 12.5 Å². The molecule has 0 spiro atoms. The number of rotatable bonds is 4. The molecule has 0 saturated heterocycles. The van der Waals surface area contributed by atoms with Crippen molar-refractivity contribution in [1.82, 2.24) is 0 Å². The Kier molecular flexibility index (Phi) is 3.72. The minimum Gasteiger partial charge on any atom is -0.465 e. The predicted octanol–water partition coefficient (Wildman–Crippen LogP) is 3.34. The summed E-state index contributed by atoms with van der Waals surface area (Å²) in [7, 11) is 2.97. The fourth-order valence-corrected chi connectivity index (χ4v) is 3.03. The standard InChI is InChI=1S/C18H18O4/c1-18(22-11-20-2)15-7-5-4-6-13(15)14-9-8-12(10-16(14)18)17(19)21-3/h4-10H,11H2,1-3H3. The molecule has 1 aliphatic rings. The first kappa shape index (κ1) is 14.8. The van der Waals surface area contributed by atoms with Gasteiger partial charge < -0.3 is 14.2 Å². The van der Waals surface area contributed by atoms with Gasteiger partial charge in [0, 0.05) is 7.11 Å². The molecule has 1 aliphatic carbocycles. The Morgan fingerprint density at radius 3 is 2.50 bits per heavy atom. The van der Waals surface area contributed by atoms with Crippen molar-refractivity contribution in [3.05, 3.63) is 59.2 Å². The second-order valence-electron chi connectivity index (χ2n) is 5.38. The van der Waals surface area contributed by atoms with Gasteiger partial charge in [-0.3, -0.25) is 0 Å². The zero-order chi connectivity index (χ0) is 15.7. The molecule has 4 nitrogen and oxygen atoms in total. The van der Waals surface area contributed by atoms with E-state index in [9.17, 15) is 4.79 Å². The highest BCUT2D eigenvalue weighted by Gasteiger charge is 2.40. The fraction of sp³-hybridized carbons (Fsp3) is 0.278. The molecule has 0 aromatic heterocycles. The number of esters is 1. The van der Waals surface area contributed by atoms with Gasteiger partial charge in [0.05, 0.1) is 12.7 Å². The van der Waals surface area contributed by atoms with Gasteiger partial charge in [-0.1, -0.05) is 30.3 Å². The van der Waals surface area contributed by atoms with Crippen LogP contribution in [0.25, 0.3) is 11.1 Å². The molecule has 3 rings (SSSR count). The van der Waals surface area contributed by atoms with Crippen LogP contribution in [0, 0.1) is 0 Å². The predicted molar refractivity (Wildman–Crippen MR) is 82.6 cm³/mol. The molecule has 0 aliphatic heterocycles. The molecule has 0 N–H and O–H groups in total. The molecule has 0 radical (unpaired) electrons. The van der Waals surface area contributed by atoms with Crippen LogP contribution in [0.2, 0.25) is 0 Å². The summed E-state index contributed by atoms with van der Waals surface area (Å²) < 4.78 is 15.9. The molecule has 0 saturated carbocycles. The second kappa shape index (κ2) is 5.55. The van der Waals surface area contributed by atoms with Gasteiger partial charge in [0.25, 0.3) is 0 Å². The molecule has 0 amide bonds. The highest BCUT2D eigenvalue weighted by Crippen LogP contribution is 2.49. The summed E-state index contributed by atoms with van der Waals surface area (Å²) in [4.78, 5) is 11.8. The summed E-state index contributed by atoms with van der Waals surface area (Å²) in [5.41, 5.74) is 4.08. The van der Waals surface area contributed by atoms with E-state index in [1.807, 2.05) is 37.3 Å². The number of benzene rings is 2. The number of carbonyl (C=O) groups is 1. The number of carbonyl (C=O) groups excluding carboxylic acids is 1. The van der Waals surface area contributed by atoms with Gasteiger partial charge in [-0.15, -0.1) is 0 Å². The number of hydrogen-bond donors (Lipinski definition) is 0. The van der Waals surface area contributed by atoms with Crippen LogP contribution >= 0.6 is 0 Å². The van der Waals surface area contributed by atoms with E-state index in [0.29, 0.717) is 5.56 Å². The molecule has 114 valence electrons. The topological polar surface area (TPSA) is 44.8 Å². The van der Waals surface area contributed by atoms with Gasteiger partial charge in [0.15, 0.2) is 0 Å². The van der Waals surface area contributed by atoms with Crippen molar-refractivity contribution in [3.63, 3.8) is 0 Å². The van der Waals surface area contributed by atoms with Crippen molar-refractivity contribution in [2.24, 2.45) is 0 Å². The number of fused-ring (bicyclic) bond motifs is 3. The Balaban J connectivity index is 2.18. The smallest absolute Gasteiger partial charge is 0.337 e. The lowest BCUT2D eigenvalue weighted by atomic mass is 9.92. The van der Waals surface area contributed by atoms with Crippen LogP contribution in [0.15, 0.2) is 42.5 Å². The van der Waals surface area contributed by atoms with Gasteiger partial charge in [-0.25, -0.2) is 4.79 Å². The van der Waals surface area contributed by atoms with E-state index in [-0.39, 0.29) is 12.8 Å². The van der Waals surface area contributed by atoms with E-state index in [4.69, 9.17) is 14.2 Å². The van der Waals surface area contributed by atoms with E-state index in [0.717, 1.165) is 22.3 Å². The minimum absolute atomic E-state index is 0.173. The Morgan fingerprint density at radius 2 is 1.77 bits per heavy atom. The second-order valence-corrected chi connectivity index (χ2v) is 5.38. The summed E-state index contributed by atoms with van der Waals surface area (Å²) in [6.45, 7) is 2.17. The maximum atomic E-state index is 11.8. The highest BCUT2D eigenvalue weighted by molar-refractivity contribution is 5.92. The van der Waals surface area contributed by atoms with Crippen LogP contribution in [0.5, 0.6) is 0 Å². The third-order valence-corrected chi connectivity index (χ3v) is 4.15. The van der Waals surface area contributed by atoms with E-state index < -0.39 is 5.60 Å². The lowest BCUT2D eigenvalue weighted by molar-refractivity contribution is -0.105. The monoisotopic (exact) mass is 298 g/mol. The summed E-state index contributed by atoms with van der Waals surface area (Å²) in [5, 5.41) is 0. The summed E-state index contributed by atoms with van der Waals surface area (Å²) in [5.74, 6) is -0.354. The van der Waals surface area contributed by atoms with Crippen LogP contribution in [-0.2, 0) is 19.8 Å². The normalized spacial score (nSPS) is 18.7. The fourth-order valence-electron chi connectivity index (χ4n) is 3.03. The Bertz CT molecular complexity index is 723. The molecular weight excluding hydrogens is 280 g/mol.